The fourth-order valence-electron chi connectivity index (χ4n) is 2.43. The van der Waals surface area contributed by atoms with Crippen LogP contribution in [-0.2, 0) is 6.42 Å². The summed E-state index contributed by atoms with van der Waals surface area (Å²) in [7, 11) is 0. The highest BCUT2D eigenvalue weighted by atomic mass is 16.3. The van der Waals surface area contributed by atoms with Crippen molar-refractivity contribution in [1.82, 2.24) is 5.32 Å². The third kappa shape index (κ3) is 2.80. The first-order chi connectivity index (χ1) is 7.18. The molecule has 15 heavy (non-hydrogen) atoms. The van der Waals surface area contributed by atoms with Crippen LogP contribution in [0.25, 0.3) is 0 Å². The molecule has 0 spiro atoms. The molecule has 1 aliphatic heterocycles. The van der Waals surface area contributed by atoms with Gasteiger partial charge in [-0.15, -0.1) is 0 Å². The van der Waals surface area contributed by atoms with Crippen LogP contribution >= 0.6 is 0 Å². The summed E-state index contributed by atoms with van der Waals surface area (Å²) in [5.74, 6) is 0. The fraction of sp³-hybridized carbons (Fsp3) is 0.538. The smallest absolute Gasteiger partial charge is 0.0714 e. The molecule has 2 unspecified atom stereocenters. The van der Waals surface area contributed by atoms with Crippen LogP contribution in [0.4, 0.5) is 0 Å². The molecule has 0 amide bonds. The molecule has 2 N–H and O–H groups in total. The summed E-state index contributed by atoms with van der Waals surface area (Å²) in [6.45, 7) is 3.06. The van der Waals surface area contributed by atoms with Crippen LogP contribution in [0.3, 0.4) is 0 Å². The molecule has 1 aliphatic rings. The lowest BCUT2D eigenvalue weighted by atomic mass is 9.83. The summed E-state index contributed by atoms with van der Waals surface area (Å²) in [5, 5.41) is 13.8. The molecule has 1 aromatic rings. The van der Waals surface area contributed by atoms with E-state index in [1.807, 2.05) is 18.2 Å². The minimum absolute atomic E-state index is 0.424. The first kappa shape index (κ1) is 10.7. The number of hydrogen-bond acceptors (Lipinski definition) is 2. The van der Waals surface area contributed by atoms with E-state index in [0.29, 0.717) is 6.04 Å². The lowest BCUT2D eigenvalue weighted by Gasteiger charge is -2.36. The summed E-state index contributed by atoms with van der Waals surface area (Å²) >= 11 is 0. The molecule has 82 valence electrons. The molecule has 0 saturated carbocycles. The van der Waals surface area contributed by atoms with Crippen LogP contribution in [0.2, 0.25) is 0 Å². The van der Waals surface area contributed by atoms with Gasteiger partial charge in [0, 0.05) is 12.5 Å². The Morgan fingerprint density at radius 2 is 2.13 bits per heavy atom. The van der Waals surface area contributed by atoms with Gasteiger partial charge in [0.05, 0.1) is 5.60 Å². The van der Waals surface area contributed by atoms with Crippen molar-refractivity contribution in [3.8, 4) is 0 Å². The van der Waals surface area contributed by atoms with Crippen LogP contribution in [0.1, 0.15) is 25.3 Å². The third-order valence-corrected chi connectivity index (χ3v) is 3.15. The van der Waals surface area contributed by atoms with E-state index in [1.54, 1.807) is 0 Å². The first-order valence-corrected chi connectivity index (χ1v) is 5.68. The van der Waals surface area contributed by atoms with Crippen LogP contribution in [0, 0.1) is 0 Å². The van der Waals surface area contributed by atoms with Gasteiger partial charge in [-0.2, -0.15) is 0 Å². The van der Waals surface area contributed by atoms with Crippen molar-refractivity contribution >= 4 is 0 Å². The van der Waals surface area contributed by atoms with Crippen molar-refractivity contribution < 1.29 is 5.11 Å². The second-order valence-electron chi connectivity index (χ2n) is 4.70. The molecular formula is C13H19NO. The van der Waals surface area contributed by atoms with E-state index in [-0.39, 0.29) is 0 Å². The number of rotatable bonds is 2. The fourth-order valence-corrected chi connectivity index (χ4v) is 2.43. The van der Waals surface area contributed by atoms with E-state index in [9.17, 15) is 5.11 Å². The van der Waals surface area contributed by atoms with Gasteiger partial charge in [-0.25, -0.2) is 0 Å². The Labute approximate surface area is 91.3 Å². The van der Waals surface area contributed by atoms with Gasteiger partial charge >= 0.3 is 0 Å². The maximum atomic E-state index is 10.5. The van der Waals surface area contributed by atoms with Crippen LogP contribution < -0.4 is 5.32 Å². The molecular weight excluding hydrogens is 186 g/mol. The number of hydrogen-bond donors (Lipinski definition) is 2. The van der Waals surface area contributed by atoms with Gasteiger partial charge in [-0.1, -0.05) is 30.3 Å². The molecule has 0 radical (unpaired) electrons. The van der Waals surface area contributed by atoms with Gasteiger partial charge < -0.3 is 10.4 Å². The Kier molecular flexibility index (Phi) is 3.08. The number of benzene rings is 1. The average Bonchev–Trinajstić information content (AvgIpc) is 2.18. The zero-order valence-electron chi connectivity index (χ0n) is 9.24. The minimum Gasteiger partial charge on any atom is -0.389 e. The normalized spacial score (nSPS) is 31.5. The van der Waals surface area contributed by atoms with E-state index in [2.05, 4.69) is 24.4 Å². The molecule has 0 aromatic heterocycles. The molecule has 1 saturated heterocycles. The number of nitrogens with one attached hydrogen (secondary N) is 1. The molecule has 1 fully saturated rings. The van der Waals surface area contributed by atoms with E-state index >= 15 is 0 Å². The lowest BCUT2D eigenvalue weighted by molar-refractivity contribution is -0.00125. The zero-order chi connectivity index (χ0) is 10.7. The van der Waals surface area contributed by atoms with Crippen molar-refractivity contribution in [2.45, 2.75) is 37.8 Å². The first-order valence-electron chi connectivity index (χ1n) is 5.68. The summed E-state index contributed by atoms with van der Waals surface area (Å²) in [5.41, 5.74) is 0.723. The SMILES string of the molecule is CC1CC(O)(Cc2ccccc2)CCN1. The molecule has 2 rings (SSSR count). The summed E-state index contributed by atoms with van der Waals surface area (Å²) in [6.07, 6.45) is 2.48. The number of piperidine rings is 1. The molecule has 0 bridgehead atoms. The van der Waals surface area contributed by atoms with E-state index < -0.39 is 5.60 Å². The predicted octanol–water partition coefficient (Wildman–Crippen LogP) is 1.73. The van der Waals surface area contributed by atoms with E-state index in [1.165, 1.54) is 5.56 Å². The monoisotopic (exact) mass is 205 g/mol. The molecule has 1 aromatic carbocycles. The van der Waals surface area contributed by atoms with Gasteiger partial charge in [-0.3, -0.25) is 0 Å². The summed E-state index contributed by atoms with van der Waals surface area (Å²) in [6, 6.07) is 10.7. The molecule has 2 nitrogen and oxygen atoms in total. The van der Waals surface area contributed by atoms with Gasteiger partial charge in [0.1, 0.15) is 0 Å². The van der Waals surface area contributed by atoms with Crippen molar-refractivity contribution in [3.05, 3.63) is 35.9 Å². The second kappa shape index (κ2) is 4.33. The van der Waals surface area contributed by atoms with E-state index in [0.717, 1.165) is 25.8 Å². The topological polar surface area (TPSA) is 32.3 Å². The molecule has 0 aliphatic carbocycles. The van der Waals surface area contributed by atoms with Gasteiger partial charge in [0.2, 0.25) is 0 Å². The van der Waals surface area contributed by atoms with Crippen molar-refractivity contribution in [2.24, 2.45) is 0 Å². The van der Waals surface area contributed by atoms with Crippen LogP contribution in [-0.4, -0.2) is 23.3 Å². The number of aliphatic hydroxyl groups is 1. The van der Waals surface area contributed by atoms with E-state index in [4.69, 9.17) is 0 Å². The molecule has 1 heterocycles. The van der Waals surface area contributed by atoms with Crippen molar-refractivity contribution in [3.63, 3.8) is 0 Å². The Balaban J connectivity index is 2.04. The highest BCUT2D eigenvalue weighted by Gasteiger charge is 2.32. The maximum absolute atomic E-state index is 10.5. The van der Waals surface area contributed by atoms with Crippen LogP contribution in [0.15, 0.2) is 30.3 Å². The van der Waals surface area contributed by atoms with Gasteiger partial charge in [0.25, 0.3) is 0 Å². The van der Waals surface area contributed by atoms with Gasteiger partial charge in [-0.05, 0) is 31.9 Å². The molecule has 2 heteroatoms. The average molecular weight is 205 g/mol. The highest BCUT2D eigenvalue weighted by molar-refractivity contribution is 5.17. The summed E-state index contributed by atoms with van der Waals surface area (Å²) < 4.78 is 0. The standard InChI is InChI=1S/C13H19NO/c1-11-9-13(15,7-8-14-11)10-12-5-3-2-4-6-12/h2-6,11,14-15H,7-10H2,1H3. The zero-order valence-corrected chi connectivity index (χ0v) is 9.24. The lowest BCUT2D eigenvalue weighted by Crippen LogP contribution is -2.47. The second-order valence-corrected chi connectivity index (χ2v) is 4.70. The minimum atomic E-state index is -0.508. The molecule has 2 atom stereocenters. The largest absolute Gasteiger partial charge is 0.389 e. The maximum Gasteiger partial charge on any atom is 0.0714 e. The Bertz CT molecular complexity index is 312. The summed E-state index contributed by atoms with van der Waals surface area (Å²) in [4.78, 5) is 0. The van der Waals surface area contributed by atoms with Crippen molar-refractivity contribution in [2.75, 3.05) is 6.54 Å². The highest BCUT2D eigenvalue weighted by Crippen LogP contribution is 2.25. The third-order valence-electron chi connectivity index (χ3n) is 3.15. The van der Waals surface area contributed by atoms with Gasteiger partial charge in [0.15, 0.2) is 0 Å². The predicted molar refractivity (Wildman–Crippen MR) is 61.8 cm³/mol. The Morgan fingerprint density at radius 3 is 2.80 bits per heavy atom. The van der Waals surface area contributed by atoms with Crippen LogP contribution in [0.5, 0.6) is 0 Å². The quantitative estimate of drug-likeness (QED) is 0.770. The van der Waals surface area contributed by atoms with Crippen molar-refractivity contribution in [1.29, 1.82) is 0 Å². The Hall–Kier alpha value is -0.860. The Morgan fingerprint density at radius 1 is 1.40 bits per heavy atom.